The van der Waals surface area contributed by atoms with Crippen LogP contribution in [0, 0.1) is 0 Å². The van der Waals surface area contributed by atoms with Gasteiger partial charge in [0.15, 0.2) is 0 Å². The smallest absolute Gasteiger partial charge is 0.331 e. The van der Waals surface area contributed by atoms with E-state index in [1.165, 1.54) is 6.29 Å². The molecular formula is C11H12N3O4. The third-order valence-electron chi connectivity index (χ3n) is 1.96. The highest BCUT2D eigenvalue weighted by Crippen LogP contribution is 2.13. The average Bonchev–Trinajstić information content (AvgIpc) is 2.38. The molecule has 1 aromatic carbocycles. The van der Waals surface area contributed by atoms with E-state index in [2.05, 4.69) is 10.6 Å². The van der Waals surface area contributed by atoms with Crippen LogP contribution in [0.3, 0.4) is 0 Å². The summed E-state index contributed by atoms with van der Waals surface area (Å²) in [4.78, 5) is 34.2. The molecular weight excluding hydrogens is 238 g/mol. The van der Waals surface area contributed by atoms with E-state index in [0.29, 0.717) is 5.69 Å². The predicted molar refractivity (Wildman–Crippen MR) is 63.6 cm³/mol. The van der Waals surface area contributed by atoms with E-state index in [9.17, 15) is 14.4 Å². The Morgan fingerprint density at radius 1 is 1.17 bits per heavy atom. The maximum absolute atomic E-state index is 11.7. The number of amides is 4. The standard InChI is InChI=1S/C11H12N3O4/c15-7-6-12-10(17)14(11(18)13-8-16)9-4-2-1-3-5-9/h1-5,16H,6,8H2,(H,12,17)(H,13,18). The summed E-state index contributed by atoms with van der Waals surface area (Å²) in [5, 5.41) is 12.9. The van der Waals surface area contributed by atoms with Crippen LogP contribution in [0.15, 0.2) is 30.3 Å². The topological polar surface area (TPSA) is 98.7 Å². The average molecular weight is 250 g/mol. The molecule has 95 valence electrons. The molecule has 3 N–H and O–H groups in total. The van der Waals surface area contributed by atoms with Gasteiger partial charge in [0, 0.05) is 0 Å². The number of hydrogen-bond donors (Lipinski definition) is 3. The van der Waals surface area contributed by atoms with Crippen LogP contribution in [-0.4, -0.2) is 36.7 Å². The molecule has 7 nitrogen and oxygen atoms in total. The number of aliphatic hydroxyl groups excluding tert-OH is 1. The maximum Gasteiger partial charge on any atom is 0.331 e. The number of carbonyl (C=O) groups is 2. The molecule has 18 heavy (non-hydrogen) atoms. The Balaban J connectivity index is 2.91. The van der Waals surface area contributed by atoms with Gasteiger partial charge in [-0.1, -0.05) is 18.2 Å². The van der Waals surface area contributed by atoms with Crippen LogP contribution < -0.4 is 15.5 Å². The fraction of sp³-hybridized carbons (Fsp3) is 0.182. The van der Waals surface area contributed by atoms with Gasteiger partial charge in [0.05, 0.1) is 12.2 Å². The lowest BCUT2D eigenvalue weighted by Gasteiger charge is -2.20. The van der Waals surface area contributed by atoms with Crippen molar-refractivity contribution in [3.8, 4) is 0 Å². The quantitative estimate of drug-likeness (QED) is 0.653. The van der Waals surface area contributed by atoms with Crippen molar-refractivity contribution in [1.82, 2.24) is 10.6 Å². The Kier molecular flexibility index (Phi) is 5.33. The molecule has 4 amide bonds. The second-order valence-corrected chi connectivity index (χ2v) is 3.11. The fourth-order valence-electron chi connectivity index (χ4n) is 1.24. The monoisotopic (exact) mass is 250 g/mol. The normalized spacial score (nSPS) is 9.39. The molecule has 0 fully saturated rings. The summed E-state index contributed by atoms with van der Waals surface area (Å²) in [5.41, 5.74) is 0.312. The molecule has 0 saturated heterocycles. The van der Waals surface area contributed by atoms with E-state index in [-0.39, 0.29) is 6.54 Å². The van der Waals surface area contributed by atoms with Crippen molar-refractivity contribution >= 4 is 24.0 Å². The fourth-order valence-corrected chi connectivity index (χ4v) is 1.24. The largest absolute Gasteiger partial charge is 0.376 e. The molecule has 7 heteroatoms. The molecule has 0 saturated carbocycles. The van der Waals surface area contributed by atoms with Crippen LogP contribution in [0.5, 0.6) is 0 Å². The number of nitrogens with one attached hydrogen (secondary N) is 2. The predicted octanol–water partition coefficient (Wildman–Crippen LogP) is -0.0283. The molecule has 0 atom stereocenters. The van der Waals surface area contributed by atoms with Crippen molar-refractivity contribution in [2.45, 2.75) is 0 Å². The highest BCUT2D eigenvalue weighted by Gasteiger charge is 2.22. The second-order valence-electron chi connectivity index (χ2n) is 3.11. The van der Waals surface area contributed by atoms with Crippen molar-refractivity contribution in [2.24, 2.45) is 0 Å². The molecule has 0 aliphatic carbocycles. The highest BCUT2D eigenvalue weighted by atomic mass is 16.3. The summed E-state index contributed by atoms with van der Waals surface area (Å²) in [6.45, 7) is -0.927. The van der Waals surface area contributed by atoms with E-state index in [1.54, 1.807) is 30.3 Å². The number of para-hydroxylation sites is 1. The van der Waals surface area contributed by atoms with E-state index >= 15 is 0 Å². The van der Waals surface area contributed by atoms with E-state index in [4.69, 9.17) is 5.11 Å². The van der Waals surface area contributed by atoms with Gasteiger partial charge in [0.25, 0.3) is 0 Å². The molecule has 1 rings (SSSR count). The first-order valence-electron chi connectivity index (χ1n) is 5.07. The van der Waals surface area contributed by atoms with Gasteiger partial charge in [-0.05, 0) is 12.1 Å². The van der Waals surface area contributed by atoms with Gasteiger partial charge in [-0.15, -0.1) is 0 Å². The van der Waals surface area contributed by atoms with Crippen LogP contribution in [0.4, 0.5) is 15.3 Å². The lowest BCUT2D eigenvalue weighted by atomic mass is 10.3. The number of benzene rings is 1. The van der Waals surface area contributed by atoms with E-state index in [1.807, 2.05) is 0 Å². The molecule has 0 aromatic heterocycles. The van der Waals surface area contributed by atoms with Crippen LogP contribution in [0.1, 0.15) is 0 Å². The SMILES string of the molecule is O=[C]CNC(=O)N(C(=O)NCO)c1ccccc1. The first kappa shape index (κ1) is 13.7. The third-order valence-corrected chi connectivity index (χ3v) is 1.96. The number of rotatable bonds is 4. The zero-order valence-corrected chi connectivity index (χ0v) is 9.42. The van der Waals surface area contributed by atoms with Crippen LogP contribution in [0.25, 0.3) is 0 Å². The van der Waals surface area contributed by atoms with Crippen LogP contribution >= 0.6 is 0 Å². The Morgan fingerprint density at radius 3 is 2.33 bits per heavy atom. The molecule has 0 heterocycles. The Hall–Kier alpha value is -2.41. The summed E-state index contributed by atoms with van der Waals surface area (Å²) in [6.07, 6.45) is 1.49. The van der Waals surface area contributed by atoms with Gasteiger partial charge in [-0.2, -0.15) is 0 Å². The van der Waals surface area contributed by atoms with E-state index < -0.39 is 18.8 Å². The van der Waals surface area contributed by atoms with Gasteiger partial charge in [0.1, 0.15) is 6.73 Å². The van der Waals surface area contributed by atoms with Crippen molar-refractivity contribution in [3.05, 3.63) is 30.3 Å². The number of hydrogen-bond acceptors (Lipinski definition) is 4. The second kappa shape index (κ2) is 7.02. The minimum absolute atomic E-state index is 0.312. The first-order chi connectivity index (χ1) is 8.70. The van der Waals surface area contributed by atoms with Gasteiger partial charge >= 0.3 is 12.1 Å². The number of nitrogens with zero attached hydrogens (tertiary/aromatic N) is 1. The number of carbonyl (C=O) groups excluding carboxylic acids is 3. The van der Waals surface area contributed by atoms with Gasteiger partial charge in [-0.25, -0.2) is 14.5 Å². The highest BCUT2D eigenvalue weighted by molar-refractivity contribution is 6.13. The number of imide groups is 1. The molecule has 1 radical (unpaired) electrons. The lowest BCUT2D eigenvalue weighted by Crippen LogP contribution is -2.49. The van der Waals surface area contributed by atoms with Crippen molar-refractivity contribution in [1.29, 1.82) is 0 Å². The summed E-state index contributed by atoms with van der Waals surface area (Å²) in [6, 6.07) is 6.52. The van der Waals surface area contributed by atoms with Crippen molar-refractivity contribution in [3.63, 3.8) is 0 Å². The first-order valence-corrected chi connectivity index (χ1v) is 5.07. The molecule has 0 bridgehead atoms. The number of aliphatic hydroxyl groups is 1. The third kappa shape index (κ3) is 3.56. The minimum Gasteiger partial charge on any atom is -0.376 e. The number of urea groups is 2. The Morgan fingerprint density at radius 2 is 1.78 bits per heavy atom. The minimum atomic E-state index is -0.799. The maximum atomic E-state index is 11.7. The van der Waals surface area contributed by atoms with Crippen molar-refractivity contribution < 1.29 is 19.5 Å². The number of anilines is 1. The summed E-state index contributed by atoms with van der Waals surface area (Å²) in [5.74, 6) is 0. The zero-order valence-electron chi connectivity index (χ0n) is 9.42. The molecule has 1 aromatic rings. The van der Waals surface area contributed by atoms with Gasteiger partial charge in [-0.3, -0.25) is 4.79 Å². The van der Waals surface area contributed by atoms with E-state index in [0.717, 1.165) is 4.90 Å². The Bertz CT molecular complexity index is 422. The van der Waals surface area contributed by atoms with Gasteiger partial charge in [0.2, 0.25) is 6.29 Å². The summed E-state index contributed by atoms with van der Waals surface area (Å²) in [7, 11) is 0. The molecule has 0 aliphatic rings. The lowest BCUT2D eigenvalue weighted by molar-refractivity contribution is 0.219. The Labute approximate surface area is 103 Å². The molecule has 0 unspecified atom stereocenters. The molecule has 0 aliphatic heterocycles. The zero-order chi connectivity index (χ0) is 13.4. The van der Waals surface area contributed by atoms with Gasteiger partial charge < -0.3 is 15.7 Å². The summed E-state index contributed by atoms with van der Waals surface area (Å²) < 4.78 is 0. The van der Waals surface area contributed by atoms with Crippen molar-refractivity contribution in [2.75, 3.05) is 18.2 Å². The summed E-state index contributed by atoms with van der Waals surface area (Å²) >= 11 is 0. The molecule has 0 spiro atoms. The van der Waals surface area contributed by atoms with Crippen LogP contribution in [-0.2, 0) is 4.79 Å². The van der Waals surface area contributed by atoms with Crippen LogP contribution in [0.2, 0.25) is 0 Å².